The van der Waals surface area contributed by atoms with Crippen molar-refractivity contribution < 1.29 is 9.53 Å². The zero-order valence-corrected chi connectivity index (χ0v) is 14.2. The first kappa shape index (κ1) is 15.7. The lowest BCUT2D eigenvalue weighted by atomic mass is 10.1. The summed E-state index contributed by atoms with van der Waals surface area (Å²) in [7, 11) is 0. The van der Waals surface area contributed by atoms with Crippen LogP contribution in [0, 0.1) is 0 Å². The summed E-state index contributed by atoms with van der Waals surface area (Å²) in [4.78, 5) is 22.9. The number of hydrogen-bond acceptors (Lipinski definition) is 3. The summed E-state index contributed by atoms with van der Waals surface area (Å²) in [6, 6.07) is 15.3. The third kappa shape index (κ3) is 2.97. The van der Waals surface area contributed by atoms with Gasteiger partial charge in [-0.15, -0.1) is 0 Å². The molecule has 1 amide bonds. The maximum Gasteiger partial charge on any atom is 0.254 e. The topological polar surface area (TPSA) is 58.2 Å². The lowest BCUT2D eigenvalue weighted by Gasteiger charge is -2.23. The van der Waals surface area contributed by atoms with Crippen LogP contribution in [-0.4, -0.2) is 33.9 Å². The molecule has 1 fully saturated rings. The summed E-state index contributed by atoms with van der Waals surface area (Å²) in [5.41, 5.74) is 2.64. The fraction of sp³-hybridized carbons (Fsp3) is 0.300. The molecule has 5 heteroatoms. The molecular weight excluding hydrogens is 314 g/mol. The fourth-order valence-electron chi connectivity index (χ4n) is 3.45. The molecule has 1 N–H and O–H groups in total. The highest BCUT2D eigenvalue weighted by molar-refractivity contribution is 5.94. The SMILES string of the molecule is CCOc1ccc(C(=O)N2CCC[C@@H]2c2nc3ccccc3[nH]2)cc1. The van der Waals surface area contributed by atoms with Crippen molar-refractivity contribution in [2.75, 3.05) is 13.2 Å². The Labute approximate surface area is 146 Å². The number of benzene rings is 2. The van der Waals surface area contributed by atoms with Crippen LogP contribution in [0.3, 0.4) is 0 Å². The van der Waals surface area contributed by atoms with Gasteiger partial charge in [0.25, 0.3) is 5.91 Å². The lowest BCUT2D eigenvalue weighted by Crippen LogP contribution is -2.31. The molecule has 0 aliphatic carbocycles. The summed E-state index contributed by atoms with van der Waals surface area (Å²) >= 11 is 0. The number of nitrogens with zero attached hydrogens (tertiary/aromatic N) is 2. The highest BCUT2D eigenvalue weighted by Gasteiger charge is 2.32. The minimum atomic E-state index is 0.00599. The Morgan fingerprint density at radius 2 is 2.04 bits per heavy atom. The van der Waals surface area contributed by atoms with E-state index in [-0.39, 0.29) is 11.9 Å². The van der Waals surface area contributed by atoms with Crippen molar-refractivity contribution >= 4 is 16.9 Å². The van der Waals surface area contributed by atoms with E-state index in [1.165, 1.54) is 0 Å². The van der Waals surface area contributed by atoms with E-state index in [1.54, 1.807) is 0 Å². The third-order valence-corrected chi connectivity index (χ3v) is 4.65. The van der Waals surface area contributed by atoms with Gasteiger partial charge >= 0.3 is 0 Å². The summed E-state index contributed by atoms with van der Waals surface area (Å²) in [6.07, 6.45) is 1.92. The molecule has 1 aliphatic rings. The molecular formula is C20H21N3O2. The van der Waals surface area contributed by atoms with Crippen molar-refractivity contribution in [3.8, 4) is 5.75 Å². The van der Waals surface area contributed by atoms with Crippen molar-refractivity contribution in [2.24, 2.45) is 0 Å². The second-order valence-corrected chi connectivity index (χ2v) is 6.25. The van der Waals surface area contributed by atoms with Gasteiger partial charge in [-0.1, -0.05) is 12.1 Å². The number of imidazole rings is 1. The zero-order valence-electron chi connectivity index (χ0n) is 14.2. The first-order chi connectivity index (χ1) is 12.3. The number of rotatable bonds is 4. The Morgan fingerprint density at radius 1 is 1.24 bits per heavy atom. The molecule has 2 heterocycles. The number of hydrogen-bond donors (Lipinski definition) is 1. The average Bonchev–Trinajstić information content (AvgIpc) is 3.28. The molecule has 4 rings (SSSR count). The van der Waals surface area contributed by atoms with Gasteiger partial charge in [0.2, 0.25) is 0 Å². The largest absolute Gasteiger partial charge is 0.494 e. The number of carbonyl (C=O) groups is 1. The van der Waals surface area contributed by atoms with Gasteiger partial charge < -0.3 is 14.6 Å². The number of amides is 1. The quantitative estimate of drug-likeness (QED) is 0.786. The van der Waals surface area contributed by atoms with Crippen molar-refractivity contribution in [3.63, 3.8) is 0 Å². The highest BCUT2D eigenvalue weighted by Crippen LogP contribution is 2.32. The first-order valence-corrected chi connectivity index (χ1v) is 8.74. The molecule has 5 nitrogen and oxygen atoms in total. The van der Waals surface area contributed by atoms with E-state index in [0.717, 1.165) is 42.0 Å². The number of aromatic nitrogens is 2. The van der Waals surface area contributed by atoms with Crippen LogP contribution in [0.4, 0.5) is 0 Å². The van der Waals surface area contributed by atoms with Crippen LogP contribution in [-0.2, 0) is 0 Å². The Kier molecular flexibility index (Phi) is 4.14. The monoisotopic (exact) mass is 335 g/mol. The second kappa shape index (κ2) is 6.59. The number of nitrogens with one attached hydrogen (secondary N) is 1. The van der Waals surface area contributed by atoms with E-state index in [9.17, 15) is 4.79 Å². The molecule has 0 radical (unpaired) electrons. The van der Waals surface area contributed by atoms with Crippen LogP contribution in [0.1, 0.15) is 42.0 Å². The van der Waals surface area contributed by atoms with Gasteiger partial charge in [0.1, 0.15) is 11.6 Å². The van der Waals surface area contributed by atoms with Gasteiger partial charge in [0.15, 0.2) is 0 Å². The first-order valence-electron chi connectivity index (χ1n) is 8.74. The third-order valence-electron chi connectivity index (χ3n) is 4.65. The molecule has 0 bridgehead atoms. The smallest absolute Gasteiger partial charge is 0.254 e. The van der Waals surface area contributed by atoms with Crippen LogP contribution >= 0.6 is 0 Å². The van der Waals surface area contributed by atoms with Crippen molar-refractivity contribution in [1.29, 1.82) is 0 Å². The molecule has 1 saturated heterocycles. The molecule has 1 atom stereocenters. The van der Waals surface area contributed by atoms with Gasteiger partial charge in [0.05, 0.1) is 23.7 Å². The van der Waals surface area contributed by atoms with Crippen LogP contribution < -0.4 is 4.74 Å². The van der Waals surface area contributed by atoms with E-state index in [1.807, 2.05) is 60.4 Å². The van der Waals surface area contributed by atoms with Crippen LogP contribution in [0.25, 0.3) is 11.0 Å². The minimum absolute atomic E-state index is 0.00599. The number of ether oxygens (including phenoxy) is 1. The van der Waals surface area contributed by atoms with Gasteiger partial charge in [-0.2, -0.15) is 0 Å². The molecule has 0 saturated carbocycles. The van der Waals surface area contributed by atoms with E-state index in [4.69, 9.17) is 9.72 Å². The fourth-order valence-corrected chi connectivity index (χ4v) is 3.45. The van der Waals surface area contributed by atoms with E-state index < -0.39 is 0 Å². The molecule has 0 spiro atoms. The predicted molar refractivity (Wildman–Crippen MR) is 96.7 cm³/mol. The molecule has 1 aromatic heterocycles. The van der Waals surface area contributed by atoms with Gasteiger partial charge in [0, 0.05) is 12.1 Å². The number of fused-ring (bicyclic) bond motifs is 1. The van der Waals surface area contributed by atoms with Crippen molar-refractivity contribution in [2.45, 2.75) is 25.8 Å². The standard InChI is InChI=1S/C20H21N3O2/c1-2-25-15-11-9-14(10-12-15)20(24)23-13-5-8-18(23)19-21-16-6-3-4-7-17(16)22-19/h3-4,6-7,9-12,18H,2,5,8,13H2,1H3,(H,21,22)/t18-/m1/s1. The molecule has 128 valence electrons. The van der Waals surface area contributed by atoms with Crippen LogP contribution in [0.15, 0.2) is 48.5 Å². The number of para-hydroxylation sites is 2. The van der Waals surface area contributed by atoms with E-state index >= 15 is 0 Å². The highest BCUT2D eigenvalue weighted by atomic mass is 16.5. The molecule has 3 aromatic rings. The predicted octanol–water partition coefficient (Wildman–Crippen LogP) is 3.94. The van der Waals surface area contributed by atoms with Crippen LogP contribution in [0.2, 0.25) is 0 Å². The number of likely N-dealkylation sites (tertiary alicyclic amines) is 1. The lowest BCUT2D eigenvalue weighted by molar-refractivity contribution is 0.0730. The summed E-state index contributed by atoms with van der Waals surface area (Å²) < 4.78 is 5.45. The van der Waals surface area contributed by atoms with E-state index in [0.29, 0.717) is 12.2 Å². The second-order valence-electron chi connectivity index (χ2n) is 6.25. The number of aromatic amines is 1. The molecule has 1 aliphatic heterocycles. The minimum Gasteiger partial charge on any atom is -0.494 e. The number of H-pyrrole nitrogens is 1. The Morgan fingerprint density at radius 3 is 2.80 bits per heavy atom. The van der Waals surface area contributed by atoms with Gasteiger partial charge in [-0.05, 0) is 56.2 Å². The molecule has 0 unspecified atom stereocenters. The van der Waals surface area contributed by atoms with Gasteiger partial charge in [-0.25, -0.2) is 4.98 Å². The Hall–Kier alpha value is -2.82. The van der Waals surface area contributed by atoms with E-state index in [2.05, 4.69) is 4.98 Å². The Bertz CT molecular complexity index is 852. The van der Waals surface area contributed by atoms with Crippen molar-refractivity contribution in [1.82, 2.24) is 14.9 Å². The zero-order chi connectivity index (χ0) is 17.2. The summed E-state index contributed by atoms with van der Waals surface area (Å²) in [5.74, 6) is 1.71. The molecule has 2 aromatic carbocycles. The summed E-state index contributed by atoms with van der Waals surface area (Å²) in [6.45, 7) is 3.32. The van der Waals surface area contributed by atoms with Gasteiger partial charge in [-0.3, -0.25) is 4.79 Å². The normalized spacial score (nSPS) is 17.2. The maximum absolute atomic E-state index is 13.0. The molecule has 25 heavy (non-hydrogen) atoms. The number of carbonyl (C=O) groups excluding carboxylic acids is 1. The van der Waals surface area contributed by atoms with Crippen LogP contribution in [0.5, 0.6) is 5.75 Å². The maximum atomic E-state index is 13.0. The average molecular weight is 335 g/mol. The van der Waals surface area contributed by atoms with Crippen molar-refractivity contribution in [3.05, 3.63) is 59.9 Å². The summed E-state index contributed by atoms with van der Waals surface area (Å²) in [5, 5.41) is 0. The Balaban J connectivity index is 1.59.